The van der Waals surface area contributed by atoms with Gasteiger partial charge in [-0.1, -0.05) is 36.4 Å². The third-order valence-electron chi connectivity index (χ3n) is 7.05. The van der Waals surface area contributed by atoms with Crippen LogP contribution in [0.2, 0.25) is 0 Å². The van der Waals surface area contributed by atoms with Gasteiger partial charge in [0.2, 0.25) is 0 Å². The Balaban J connectivity index is 0.00000506. The van der Waals surface area contributed by atoms with Gasteiger partial charge in [0.1, 0.15) is 11.3 Å². The van der Waals surface area contributed by atoms with E-state index in [1.807, 2.05) is 30.3 Å². The van der Waals surface area contributed by atoms with Crippen molar-refractivity contribution in [1.29, 1.82) is 0 Å². The number of nitrogens with zero attached hydrogens (tertiary/aromatic N) is 2. The van der Waals surface area contributed by atoms with E-state index < -0.39 is 47.0 Å². The molecular formula is C30H29ClF6N2O4. The number of benzene rings is 3. The maximum absolute atomic E-state index is 13.6. The number of ether oxygens (including phenoxy) is 2. The van der Waals surface area contributed by atoms with Gasteiger partial charge in [0.15, 0.2) is 0 Å². The summed E-state index contributed by atoms with van der Waals surface area (Å²) in [6, 6.07) is 14.5. The molecule has 0 saturated carbocycles. The lowest BCUT2D eigenvalue weighted by Gasteiger charge is -2.42. The lowest BCUT2D eigenvalue weighted by atomic mass is 9.98. The Kier molecular flexibility index (Phi) is 10.7. The van der Waals surface area contributed by atoms with Gasteiger partial charge in [-0.3, -0.25) is 9.69 Å². The zero-order chi connectivity index (χ0) is 30.7. The summed E-state index contributed by atoms with van der Waals surface area (Å²) < 4.78 is 91.1. The summed E-state index contributed by atoms with van der Waals surface area (Å²) >= 11 is 0. The first-order valence-electron chi connectivity index (χ1n) is 12.9. The monoisotopic (exact) mass is 630 g/mol. The van der Waals surface area contributed by atoms with Crippen LogP contribution in [0.3, 0.4) is 0 Å². The molecule has 0 radical (unpaired) electrons. The van der Waals surface area contributed by atoms with Crippen LogP contribution in [0, 0.1) is 0 Å². The van der Waals surface area contributed by atoms with E-state index in [1.54, 1.807) is 12.1 Å². The number of hydrogen-bond acceptors (Lipinski definition) is 5. The molecule has 1 heterocycles. The number of hydrogen-bond donors (Lipinski definition) is 0. The fourth-order valence-electron chi connectivity index (χ4n) is 5.00. The molecule has 13 heteroatoms. The number of carbonyl (C=O) groups excluding carboxylic acids is 2. The van der Waals surface area contributed by atoms with Crippen molar-refractivity contribution in [1.82, 2.24) is 9.80 Å². The summed E-state index contributed by atoms with van der Waals surface area (Å²) in [5, 5.41) is 0. The molecule has 3 aromatic rings. The van der Waals surface area contributed by atoms with E-state index in [9.17, 15) is 35.9 Å². The summed E-state index contributed by atoms with van der Waals surface area (Å²) in [5.41, 5.74) is -1.98. The van der Waals surface area contributed by atoms with Crippen LogP contribution in [-0.2, 0) is 30.1 Å². The van der Waals surface area contributed by atoms with E-state index in [2.05, 4.69) is 4.90 Å². The SMILES string of the molecule is COC(=O)c1ccc(C[C@@H]2CN(Cc3ccccc3)CCN2C(=O)c2cc(C(F)(F)F)cc(C(F)(F)F)c2)cc1OC.Cl. The second kappa shape index (κ2) is 13.7. The number of carbonyl (C=O) groups is 2. The van der Waals surface area contributed by atoms with Crippen LogP contribution in [0.1, 0.15) is 43.0 Å². The fourth-order valence-corrected chi connectivity index (χ4v) is 5.00. The van der Waals surface area contributed by atoms with E-state index >= 15 is 0 Å². The van der Waals surface area contributed by atoms with Gasteiger partial charge in [0, 0.05) is 37.8 Å². The number of alkyl halides is 6. The summed E-state index contributed by atoms with van der Waals surface area (Å²) in [5.74, 6) is -1.33. The fraction of sp³-hybridized carbons (Fsp3) is 0.333. The van der Waals surface area contributed by atoms with Gasteiger partial charge < -0.3 is 14.4 Å². The zero-order valence-corrected chi connectivity index (χ0v) is 24.0. The summed E-state index contributed by atoms with van der Waals surface area (Å²) in [7, 11) is 2.59. The zero-order valence-electron chi connectivity index (χ0n) is 23.2. The third kappa shape index (κ3) is 8.20. The Morgan fingerprint density at radius 3 is 2.02 bits per heavy atom. The molecular weight excluding hydrogens is 602 g/mol. The quantitative estimate of drug-likeness (QED) is 0.220. The molecule has 0 N–H and O–H groups in total. The van der Waals surface area contributed by atoms with Crippen molar-refractivity contribution in [3.63, 3.8) is 0 Å². The number of halogens is 7. The molecule has 0 aromatic heterocycles. The normalized spacial score (nSPS) is 15.9. The molecule has 1 saturated heterocycles. The first kappa shape index (κ1) is 33.7. The van der Waals surface area contributed by atoms with Crippen LogP contribution in [0.4, 0.5) is 26.3 Å². The number of methoxy groups -OCH3 is 2. The first-order valence-corrected chi connectivity index (χ1v) is 12.9. The van der Waals surface area contributed by atoms with Crippen LogP contribution >= 0.6 is 12.4 Å². The second-order valence-corrected chi connectivity index (χ2v) is 9.90. The highest BCUT2D eigenvalue weighted by Crippen LogP contribution is 2.37. The highest BCUT2D eigenvalue weighted by atomic mass is 35.5. The minimum Gasteiger partial charge on any atom is -0.496 e. The van der Waals surface area contributed by atoms with Gasteiger partial charge >= 0.3 is 18.3 Å². The molecule has 1 atom stereocenters. The van der Waals surface area contributed by atoms with Crippen molar-refractivity contribution in [2.75, 3.05) is 33.9 Å². The molecule has 0 spiro atoms. The number of amides is 1. The van der Waals surface area contributed by atoms with Crippen molar-refractivity contribution in [2.45, 2.75) is 31.4 Å². The maximum Gasteiger partial charge on any atom is 0.416 e. The number of rotatable bonds is 7. The average molecular weight is 631 g/mol. The van der Waals surface area contributed by atoms with Crippen LogP contribution in [-0.4, -0.2) is 61.6 Å². The molecule has 1 fully saturated rings. The first-order chi connectivity index (χ1) is 19.8. The van der Waals surface area contributed by atoms with Crippen LogP contribution in [0.5, 0.6) is 5.75 Å². The maximum atomic E-state index is 13.6. The predicted octanol–water partition coefficient (Wildman–Crippen LogP) is 6.51. The largest absolute Gasteiger partial charge is 0.496 e. The Hall–Kier alpha value is -3.77. The van der Waals surface area contributed by atoms with Gasteiger partial charge in [0.05, 0.1) is 25.3 Å². The van der Waals surface area contributed by atoms with Crippen molar-refractivity contribution in [2.24, 2.45) is 0 Å². The van der Waals surface area contributed by atoms with Crippen molar-refractivity contribution < 1.29 is 45.4 Å². The highest BCUT2D eigenvalue weighted by molar-refractivity contribution is 5.95. The van der Waals surface area contributed by atoms with Crippen LogP contribution in [0.15, 0.2) is 66.7 Å². The second-order valence-electron chi connectivity index (χ2n) is 9.90. The van der Waals surface area contributed by atoms with E-state index in [0.29, 0.717) is 37.3 Å². The van der Waals surface area contributed by atoms with E-state index in [1.165, 1.54) is 25.2 Å². The van der Waals surface area contributed by atoms with Gasteiger partial charge in [0.25, 0.3) is 5.91 Å². The Bertz CT molecular complexity index is 1400. The summed E-state index contributed by atoms with van der Waals surface area (Å²) in [6.07, 6.45) is -9.97. The lowest BCUT2D eigenvalue weighted by Crippen LogP contribution is -2.55. The van der Waals surface area contributed by atoms with Gasteiger partial charge in [-0.2, -0.15) is 26.3 Å². The molecule has 6 nitrogen and oxygen atoms in total. The standard InChI is InChI=1S/C30H28F6N2O4.ClH/c1-41-26-13-20(8-9-25(26)28(40)42-2)12-24-18-37(17-19-6-4-3-5-7-19)10-11-38(24)27(39)21-14-22(29(31,32)33)16-23(15-21)30(34,35)36;/h3-9,13-16,24H,10-12,17-18H2,1-2H3;1H/t24-;/m1./s1. The third-order valence-corrected chi connectivity index (χ3v) is 7.05. The van der Waals surface area contributed by atoms with Crippen LogP contribution < -0.4 is 4.74 Å². The highest BCUT2D eigenvalue weighted by Gasteiger charge is 2.39. The van der Waals surface area contributed by atoms with Crippen molar-refractivity contribution >= 4 is 24.3 Å². The minimum atomic E-state index is -5.08. The van der Waals surface area contributed by atoms with E-state index in [-0.39, 0.29) is 42.8 Å². The molecule has 1 aliphatic rings. The van der Waals surface area contributed by atoms with Gasteiger partial charge in [-0.15, -0.1) is 12.4 Å². The molecule has 1 aliphatic heterocycles. The molecule has 232 valence electrons. The molecule has 4 rings (SSSR count). The Labute approximate surface area is 250 Å². The van der Waals surface area contributed by atoms with Gasteiger partial charge in [-0.25, -0.2) is 4.79 Å². The Morgan fingerprint density at radius 1 is 0.837 bits per heavy atom. The molecule has 0 bridgehead atoms. The Morgan fingerprint density at radius 2 is 1.47 bits per heavy atom. The lowest BCUT2D eigenvalue weighted by molar-refractivity contribution is -0.143. The molecule has 0 aliphatic carbocycles. The van der Waals surface area contributed by atoms with Crippen molar-refractivity contribution in [3.8, 4) is 5.75 Å². The van der Waals surface area contributed by atoms with E-state index in [0.717, 1.165) is 5.56 Å². The minimum absolute atomic E-state index is 0. The molecule has 3 aromatic carbocycles. The number of esters is 1. The van der Waals surface area contributed by atoms with Gasteiger partial charge in [-0.05, 0) is 47.9 Å². The summed E-state index contributed by atoms with van der Waals surface area (Å²) in [6.45, 7) is 1.26. The average Bonchev–Trinajstić information content (AvgIpc) is 2.96. The predicted molar refractivity (Wildman–Crippen MR) is 148 cm³/mol. The smallest absolute Gasteiger partial charge is 0.416 e. The number of piperazine rings is 1. The van der Waals surface area contributed by atoms with Crippen LogP contribution in [0.25, 0.3) is 0 Å². The molecule has 1 amide bonds. The van der Waals surface area contributed by atoms with E-state index in [4.69, 9.17) is 9.47 Å². The topological polar surface area (TPSA) is 59.1 Å². The summed E-state index contributed by atoms with van der Waals surface area (Å²) in [4.78, 5) is 29.1. The van der Waals surface area contributed by atoms with Crippen molar-refractivity contribution in [3.05, 3.63) is 100 Å². The molecule has 0 unspecified atom stereocenters. The molecule has 43 heavy (non-hydrogen) atoms.